The van der Waals surface area contributed by atoms with Crippen molar-refractivity contribution in [1.29, 1.82) is 0 Å². The Morgan fingerprint density at radius 3 is 2.57 bits per heavy atom. The Hall–Kier alpha value is -0.580. The molecule has 1 aromatic rings. The highest BCUT2D eigenvalue weighted by Crippen LogP contribution is 2.20. The molecule has 1 atom stereocenters. The molecule has 0 aliphatic carbocycles. The van der Waals surface area contributed by atoms with E-state index in [1.165, 1.54) is 0 Å². The number of rotatable bonds is 2. The van der Waals surface area contributed by atoms with Crippen LogP contribution in [0, 0.1) is 6.92 Å². The van der Waals surface area contributed by atoms with Gasteiger partial charge in [-0.3, -0.25) is 4.79 Å². The molecule has 0 saturated carbocycles. The molecule has 0 saturated heterocycles. The number of hydrogen-bond donors (Lipinski definition) is 2. The van der Waals surface area contributed by atoms with Crippen molar-refractivity contribution in [2.24, 2.45) is 5.73 Å². The lowest BCUT2D eigenvalue weighted by molar-refractivity contribution is -0.138. The van der Waals surface area contributed by atoms with Gasteiger partial charge >= 0.3 is 5.97 Å². The van der Waals surface area contributed by atoms with Crippen molar-refractivity contribution in [3.8, 4) is 0 Å². The van der Waals surface area contributed by atoms with Gasteiger partial charge in [0.1, 0.15) is 6.04 Å². The number of aryl methyl sites for hydroxylation is 1. The smallest absolute Gasteiger partial charge is 0.325 e. The molecule has 5 heteroatoms. The molecule has 0 amide bonds. The Labute approximate surface area is 96.8 Å². The second-order valence-corrected chi connectivity index (χ2v) is 3.73. The summed E-state index contributed by atoms with van der Waals surface area (Å²) in [6.07, 6.45) is 0. The monoisotopic (exact) mass is 279 g/mol. The first-order valence-electron chi connectivity index (χ1n) is 3.77. The van der Waals surface area contributed by atoms with Crippen LogP contribution in [0.25, 0.3) is 0 Å². The Morgan fingerprint density at radius 2 is 2.14 bits per heavy atom. The summed E-state index contributed by atoms with van der Waals surface area (Å²) < 4.78 is 0.923. The highest BCUT2D eigenvalue weighted by atomic mass is 79.9. The third-order valence-corrected chi connectivity index (χ3v) is 2.33. The van der Waals surface area contributed by atoms with E-state index in [1.807, 2.05) is 13.0 Å². The van der Waals surface area contributed by atoms with Crippen LogP contribution in [-0.4, -0.2) is 11.1 Å². The molecule has 14 heavy (non-hydrogen) atoms. The normalized spacial score (nSPS) is 11.6. The largest absolute Gasteiger partial charge is 0.480 e. The summed E-state index contributed by atoms with van der Waals surface area (Å²) in [7, 11) is 0. The van der Waals surface area contributed by atoms with Crippen molar-refractivity contribution in [1.82, 2.24) is 0 Å². The van der Waals surface area contributed by atoms with Gasteiger partial charge in [-0.2, -0.15) is 0 Å². The number of benzene rings is 1. The molecule has 1 aromatic carbocycles. The molecule has 3 nitrogen and oxygen atoms in total. The van der Waals surface area contributed by atoms with Crippen LogP contribution in [0.4, 0.5) is 0 Å². The quantitative estimate of drug-likeness (QED) is 0.873. The summed E-state index contributed by atoms with van der Waals surface area (Å²) in [5.74, 6) is -1.01. The molecule has 0 aromatic heterocycles. The molecular formula is C9H11BrClNO2. The van der Waals surface area contributed by atoms with E-state index in [0.717, 1.165) is 10.0 Å². The highest BCUT2D eigenvalue weighted by Gasteiger charge is 2.15. The zero-order chi connectivity index (χ0) is 10.0. The first-order valence-corrected chi connectivity index (χ1v) is 4.56. The lowest BCUT2D eigenvalue weighted by Gasteiger charge is -2.10. The maximum Gasteiger partial charge on any atom is 0.325 e. The summed E-state index contributed by atoms with van der Waals surface area (Å²) in [6, 6.07) is 4.41. The number of carbonyl (C=O) groups is 1. The lowest BCUT2D eigenvalue weighted by Crippen LogP contribution is -2.21. The fourth-order valence-electron chi connectivity index (χ4n) is 1.12. The first kappa shape index (κ1) is 13.4. The maximum absolute atomic E-state index is 10.6. The van der Waals surface area contributed by atoms with Crippen LogP contribution in [-0.2, 0) is 4.79 Å². The summed E-state index contributed by atoms with van der Waals surface area (Å²) >= 11 is 3.29. The lowest BCUT2D eigenvalue weighted by atomic mass is 10.0. The van der Waals surface area contributed by atoms with Crippen molar-refractivity contribution in [2.45, 2.75) is 13.0 Å². The Bertz CT molecular complexity index is 344. The highest BCUT2D eigenvalue weighted by molar-refractivity contribution is 9.10. The van der Waals surface area contributed by atoms with E-state index < -0.39 is 12.0 Å². The van der Waals surface area contributed by atoms with Crippen LogP contribution in [0.15, 0.2) is 22.7 Å². The molecule has 3 N–H and O–H groups in total. The maximum atomic E-state index is 10.6. The van der Waals surface area contributed by atoms with Crippen molar-refractivity contribution in [3.63, 3.8) is 0 Å². The zero-order valence-corrected chi connectivity index (χ0v) is 9.93. The van der Waals surface area contributed by atoms with E-state index in [0.29, 0.717) is 5.56 Å². The fraction of sp³-hybridized carbons (Fsp3) is 0.222. The number of halogens is 2. The van der Waals surface area contributed by atoms with E-state index in [-0.39, 0.29) is 12.4 Å². The molecule has 0 fully saturated rings. The van der Waals surface area contributed by atoms with E-state index in [2.05, 4.69) is 15.9 Å². The van der Waals surface area contributed by atoms with Gasteiger partial charge in [-0.1, -0.05) is 22.0 Å². The van der Waals surface area contributed by atoms with Crippen LogP contribution in [0.2, 0.25) is 0 Å². The van der Waals surface area contributed by atoms with Gasteiger partial charge < -0.3 is 10.8 Å². The number of nitrogens with two attached hydrogens (primary N) is 1. The minimum absolute atomic E-state index is 0. The van der Waals surface area contributed by atoms with Gasteiger partial charge in [-0.15, -0.1) is 12.4 Å². The average Bonchev–Trinajstić information content (AvgIpc) is 2.03. The van der Waals surface area contributed by atoms with Crippen LogP contribution in [0.3, 0.4) is 0 Å². The fourth-order valence-corrected chi connectivity index (χ4v) is 1.60. The zero-order valence-electron chi connectivity index (χ0n) is 7.53. The van der Waals surface area contributed by atoms with Gasteiger partial charge in [0.05, 0.1) is 0 Å². The number of carboxylic acid groups (broad SMARTS) is 1. The van der Waals surface area contributed by atoms with Crippen molar-refractivity contribution >= 4 is 34.3 Å². The minimum Gasteiger partial charge on any atom is -0.480 e. The number of aliphatic carboxylic acids is 1. The van der Waals surface area contributed by atoms with Crippen LogP contribution >= 0.6 is 28.3 Å². The number of carboxylic acids is 1. The van der Waals surface area contributed by atoms with Crippen LogP contribution < -0.4 is 5.73 Å². The van der Waals surface area contributed by atoms with E-state index >= 15 is 0 Å². The second-order valence-electron chi connectivity index (χ2n) is 2.82. The van der Waals surface area contributed by atoms with E-state index in [4.69, 9.17) is 10.8 Å². The third kappa shape index (κ3) is 2.97. The standard InChI is InChI=1S/C9H10BrNO2.ClH/c1-5-4-6(10)2-3-7(5)8(11)9(12)13;/h2-4,8H,11H2,1H3,(H,12,13);1H/t8-;/m0./s1. The van der Waals surface area contributed by atoms with Gasteiger partial charge in [0.25, 0.3) is 0 Å². The van der Waals surface area contributed by atoms with Gasteiger partial charge in [0.15, 0.2) is 0 Å². The van der Waals surface area contributed by atoms with Gasteiger partial charge in [-0.25, -0.2) is 0 Å². The molecule has 0 radical (unpaired) electrons. The topological polar surface area (TPSA) is 63.3 Å². The van der Waals surface area contributed by atoms with Crippen LogP contribution in [0.1, 0.15) is 17.2 Å². The summed E-state index contributed by atoms with van der Waals surface area (Å²) in [6.45, 7) is 1.84. The van der Waals surface area contributed by atoms with Crippen LogP contribution in [0.5, 0.6) is 0 Å². The predicted molar refractivity (Wildman–Crippen MR) is 60.7 cm³/mol. The average molecular weight is 281 g/mol. The predicted octanol–water partition coefficient (Wildman–Crippen LogP) is 2.26. The molecule has 0 unspecified atom stereocenters. The first-order chi connectivity index (χ1) is 6.02. The van der Waals surface area contributed by atoms with Gasteiger partial charge in [-0.05, 0) is 30.2 Å². The molecule has 0 aliphatic rings. The Morgan fingerprint density at radius 1 is 1.57 bits per heavy atom. The SMILES string of the molecule is Cc1cc(Br)ccc1[C@H](N)C(=O)O.Cl. The second kappa shape index (κ2) is 5.34. The Balaban J connectivity index is 0.00000169. The van der Waals surface area contributed by atoms with Crippen molar-refractivity contribution in [2.75, 3.05) is 0 Å². The third-order valence-electron chi connectivity index (χ3n) is 1.83. The van der Waals surface area contributed by atoms with Gasteiger partial charge in [0, 0.05) is 4.47 Å². The molecule has 78 valence electrons. The van der Waals surface area contributed by atoms with Crippen molar-refractivity contribution < 1.29 is 9.90 Å². The molecule has 0 aliphatic heterocycles. The minimum atomic E-state index is -1.01. The summed E-state index contributed by atoms with van der Waals surface area (Å²) in [4.78, 5) is 10.6. The molecule has 1 rings (SSSR count). The Kier molecular flexibility index (Phi) is 5.12. The van der Waals surface area contributed by atoms with E-state index in [9.17, 15) is 4.79 Å². The molecule has 0 heterocycles. The molecular weight excluding hydrogens is 269 g/mol. The molecule has 0 bridgehead atoms. The van der Waals surface area contributed by atoms with Gasteiger partial charge in [0.2, 0.25) is 0 Å². The summed E-state index contributed by atoms with van der Waals surface area (Å²) in [5.41, 5.74) is 7.00. The van der Waals surface area contributed by atoms with E-state index in [1.54, 1.807) is 12.1 Å². The molecule has 0 spiro atoms. The van der Waals surface area contributed by atoms with Crippen molar-refractivity contribution in [3.05, 3.63) is 33.8 Å². The summed E-state index contributed by atoms with van der Waals surface area (Å²) in [5, 5.41) is 8.69. The number of hydrogen-bond acceptors (Lipinski definition) is 2.